The molecule has 11 heavy (non-hydrogen) atoms. The minimum atomic E-state index is -0.0731. The largest absolute Gasteiger partial charge is 0.356 e. The Labute approximate surface area is 67.9 Å². The van der Waals surface area contributed by atoms with Gasteiger partial charge in [-0.25, -0.2) is 0 Å². The quantitative estimate of drug-likeness (QED) is 0.605. The van der Waals surface area contributed by atoms with Gasteiger partial charge in [-0.1, -0.05) is 0 Å². The second-order valence-electron chi connectivity index (χ2n) is 3.30. The van der Waals surface area contributed by atoms with E-state index in [-0.39, 0.29) is 11.8 Å². The summed E-state index contributed by atoms with van der Waals surface area (Å²) >= 11 is 0. The molecule has 1 rings (SSSR count). The molecule has 0 spiro atoms. The predicted molar refractivity (Wildman–Crippen MR) is 43.2 cm³/mol. The highest BCUT2D eigenvalue weighted by Gasteiger charge is 2.37. The molecule has 66 valence electrons. The van der Waals surface area contributed by atoms with Crippen molar-refractivity contribution >= 4 is 0 Å². The van der Waals surface area contributed by atoms with Crippen molar-refractivity contribution in [3.63, 3.8) is 0 Å². The van der Waals surface area contributed by atoms with E-state index in [2.05, 4.69) is 0 Å². The zero-order chi connectivity index (χ0) is 8.32. The van der Waals surface area contributed by atoms with Crippen LogP contribution in [0.15, 0.2) is 0 Å². The lowest BCUT2D eigenvalue weighted by molar-refractivity contribution is -0.107. The van der Waals surface area contributed by atoms with Crippen LogP contribution in [0, 0.1) is 0 Å². The average molecular weight is 159 g/mol. The van der Waals surface area contributed by atoms with E-state index in [9.17, 15) is 0 Å². The average Bonchev–Trinajstić information content (AvgIpc) is 2.71. The van der Waals surface area contributed by atoms with E-state index in [4.69, 9.17) is 15.2 Å². The zero-order valence-electron chi connectivity index (χ0n) is 7.30. The Morgan fingerprint density at radius 1 is 1.36 bits per heavy atom. The van der Waals surface area contributed by atoms with Crippen LogP contribution in [0.2, 0.25) is 0 Å². The van der Waals surface area contributed by atoms with Crippen LogP contribution in [0.25, 0.3) is 0 Å². The van der Waals surface area contributed by atoms with Gasteiger partial charge in [0.05, 0.1) is 0 Å². The molecule has 0 aromatic carbocycles. The van der Waals surface area contributed by atoms with Crippen molar-refractivity contribution in [2.24, 2.45) is 5.73 Å². The molecule has 1 aliphatic carbocycles. The van der Waals surface area contributed by atoms with Crippen molar-refractivity contribution in [1.29, 1.82) is 0 Å². The summed E-state index contributed by atoms with van der Waals surface area (Å²) in [5.41, 5.74) is 6.01. The molecular weight excluding hydrogens is 142 g/mol. The van der Waals surface area contributed by atoms with Gasteiger partial charge in [0.1, 0.15) is 0 Å². The summed E-state index contributed by atoms with van der Waals surface area (Å²) in [5.74, 6) is 0. The minimum absolute atomic E-state index is 0.0731. The van der Waals surface area contributed by atoms with Crippen LogP contribution in [0.4, 0.5) is 0 Å². The molecule has 1 saturated carbocycles. The molecule has 0 bridgehead atoms. The molecule has 3 nitrogen and oxygen atoms in total. The van der Waals surface area contributed by atoms with E-state index in [1.807, 2.05) is 0 Å². The first-order valence-corrected chi connectivity index (χ1v) is 4.05. The second kappa shape index (κ2) is 3.52. The van der Waals surface area contributed by atoms with Gasteiger partial charge in [-0.3, -0.25) is 0 Å². The van der Waals surface area contributed by atoms with Crippen LogP contribution < -0.4 is 5.73 Å². The third kappa shape index (κ3) is 2.77. The monoisotopic (exact) mass is 159 g/mol. The molecule has 3 heteroatoms. The molecule has 0 radical (unpaired) electrons. The number of methoxy groups -OCH3 is 2. The normalized spacial score (nSPS) is 20.7. The van der Waals surface area contributed by atoms with E-state index in [1.165, 1.54) is 0 Å². The lowest BCUT2D eigenvalue weighted by Gasteiger charge is -2.15. The molecular formula is C8H17NO2. The summed E-state index contributed by atoms with van der Waals surface area (Å²) in [7, 11) is 3.31. The fraction of sp³-hybridized carbons (Fsp3) is 1.00. The summed E-state index contributed by atoms with van der Waals surface area (Å²) in [6.45, 7) is 0. The van der Waals surface area contributed by atoms with Crippen molar-refractivity contribution in [1.82, 2.24) is 0 Å². The standard InChI is InChI=1S/C8H17NO2/c1-10-7(11-2)3-4-8(9)5-6-8/h7H,3-6,9H2,1-2H3. The fourth-order valence-electron chi connectivity index (χ4n) is 1.15. The first-order chi connectivity index (χ1) is 5.20. The lowest BCUT2D eigenvalue weighted by Crippen LogP contribution is -2.24. The van der Waals surface area contributed by atoms with Gasteiger partial charge in [0.2, 0.25) is 0 Å². The third-order valence-corrected chi connectivity index (χ3v) is 2.30. The van der Waals surface area contributed by atoms with Gasteiger partial charge in [-0.05, 0) is 19.3 Å². The molecule has 0 unspecified atom stereocenters. The Balaban J connectivity index is 2.09. The highest BCUT2D eigenvalue weighted by Crippen LogP contribution is 2.37. The first kappa shape index (κ1) is 8.97. The Morgan fingerprint density at radius 3 is 2.27 bits per heavy atom. The SMILES string of the molecule is COC(CCC1(N)CC1)OC. The molecule has 0 aromatic rings. The Hall–Kier alpha value is -0.120. The molecule has 0 amide bonds. The van der Waals surface area contributed by atoms with E-state index < -0.39 is 0 Å². The van der Waals surface area contributed by atoms with Crippen molar-refractivity contribution in [3.8, 4) is 0 Å². The van der Waals surface area contributed by atoms with Gasteiger partial charge in [-0.15, -0.1) is 0 Å². The van der Waals surface area contributed by atoms with Crippen LogP contribution >= 0.6 is 0 Å². The van der Waals surface area contributed by atoms with Crippen molar-refractivity contribution < 1.29 is 9.47 Å². The lowest BCUT2D eigenvalue weighted by atomic mass is 10.1. The highest BCUT2D eigenvalue weighted by molar-refractivity contribution is 4.98. The van der Waals surface area contributed by atoms with Crippen LogP contribution in [0.3, 0.4) is 0 Å². The molecule has 2 N–H and O–H groups in total. The smallest absolute Gasteiger partial charge is 0.156 e. The Kier molecular flexibility index (Phi) is 2.87. The van der Waals surface area contributed by atoms with Gasteiger partial charge >= 0.3 is 0 Å². The molecule has 1 fully saturated rings. The fourth-order valence-corrected chi connectivity index (χ4v) is 1.15. The molecule has 0 saturated heterocycles. The van der Waals surface area contributed by atoms with Gasteiger partial charge in [0.25, 0.3) is 0 Å². The van der Waals surface area contributed by atoms with Gasteiger partial charge in [0.15, 0.2) is 6.29 Å². The Bertz CT molecular complexity index is 119. The van der Waals surface area contributed by atoms with Crippen molar-refractivity contribution in [3.05, 3.63) is 0 Å². The van der Waals surface area contributed by atoms with Crippen LogP contribution in [-0.4, -0.2) is 26.0 Å². The maximum absolute atomic E-state index is 5.89. The maximum atomic E-state index is 5.89. The molecule has 0 aliphatic heterocycles. The van der Waals surface area contributed by atoms with E-state index in [0.717, 1.165) is 25.7 Å². The maximum Gasteiger partial charge on any atom is 0.156 e. The number of ether oxygens (including phenoxy) is 2. The zero-order valence-corrected chi connectivity index (χ0v) is 7.30. The second-order valence-corrected chi connectivity index (χ2v) is 3.30. The third-order valence-electron chi connectivity index (χ3n) is 2.30. The summed E-state index contributed by atoms with van der Waals surface area (Å²) < 4.78 is 10.1. The van der Waals surface area contributed by atoms with E-state index in [1.54, 1.807) is 14.2 Å². The van der Waals surface area contributed by atoms with Gasteiger partial charge in [0, 0.05) is 26.2 Å². The molecule has 0 heterocycles. The number of rotatable bonds is 5. The summed E-state index contributed by atoms with van der Waals surface area (Å²) in [6, 6.07) is 0. The van der Waals surface area contributed by atoms with E-state index >= 15 is 0 Å². The van der Waals surface area contributed by atoms with Crippen LogP contribution in [0.1, 0.15) is 25.7 Å². The highest BCUT2D eigenvalue weighted by atomic mass is 16.7. The summed E-state index contributed by atoms with van der Waals surface area (Å²) in [4.78, 5) is 0. The number of hydrogen-bond donors (Lipinski definition) is 1. The number of hydrogen-bond acceptors (Lipinski definition) is 3. The first-order valence-electron chi connectivity index (χ1n) is 4.05. The summed E-state index contributed by atoms with van der Waals surface area (Å²) in [5, 5.41) is 0. The molecule has 0 atom stereocenters. The topological polar surface area (TPSA) is 44.5 Å². The number of nitrogens with two attached hydrogens (primary N) is 1. The summed E-state index contributed by atoms with van der Waals surface area (Å²) in [6.07, 6.45) is 4.17. The predicted octanol–water partition coefficient (Wildman–Crippen LogP) is 0.877. The minimum Gasteiger partial charge on any atom is -0.356 e. The van der Waals surface area contributed by atoms with Crippen molar-refractivity contribution in [2.45, 2.75) is 37.5 Å². The van der Waals surface area contributed by atoms with Crippen LogP contribution in [-0.2, 0) is 9.47 Å². The Morgan fingerprint density at radius 2 is 1.91 bits per heavy atom. The van der Waals surface area contributed by atoms with E-state index in [0.29, 0.717) is 0 Å². The molecule has 1 aliphatic rings. The van der Waals surface area contributed by atoms with Gasteiger partial charge in [-0.2, -0.15) is 0 Å². The van der Waals surface area contributed by atoms with Gasteiger partial charge < -0.3 is 15.2 Å². The van der Waals surface area contributed by atoms with Crippen molar-refractivity contribution in [2.75, 3.05) is 14.2 Å². The molecule has 0 aromatic heterocycles. The van der Waals surface area contributed by atoms with Crippen LogP contribution in [0.5, 0.6) is 0 Å².